The average molecular weight is 400 g/mol. The molecule has 1 aromatic carbocycles. The Balaban J connectivity index is 1.71. The first-order valence-electron chi connectivity index (χ1n) is 10.2. The molecule has 4 rings (SSSR count). The number of nitrogens with one attached hydrogen (secondary N) is 1. The molecule has 1 aliphatic heterocycles. The summed E-state index contributed by atoms with van der Waals surface area (Å²) in [4.78, 5) is 26.1. The normalized spacial score (nSPS) is 25.9. The van der Waals surface area contributed by atoms with Gasteiger partial charge in [-0.3, -0.25) is 9.59 Å². The maximum atomic E-state index is 13.2. The second kappa shape index (κ2) is 8.12. The fraction of sp³-hybridized carbons (Fsp3) is 0.478. The van der Waals surface area contributed by atoms with Crippen LogP contribution in [-0.4, -0.2) is 17.9 Å². The molecule has 1 saturated carbocycles. The number of carbonyl (C=O) groups excluding carboxylic acids is 2. The van der Waals surface area contributed by atoms with E-state index in [1.165, 1.54) is 6.42 Å². The minimum absolute atomic E-state index is 0.0302. The molecule has 0 spiro atoms. The minimum Gasteiger partial charge on any atom is -0.462 e. The van der Waals surface area contributed by atoms with Gasteiger partial charge < -0.3 is 10.1 Å². The van der Waals surface area contributed by atoms with Crippen LogP contribution in [-0.2, 0) is 14.3 Å². The van der Waals surface area contributed by atoms with Gasteiger partial charge in [0, 0.05) is 34.3 Å². The lowest BCUT2D eigenvalue weighted by Gasteiger charge is -2.39. The highest BCUT2D eigenvalue weighted by Crippen LogP contribution is 2.44. The van der Waals surface area contributed by atoms with E-state index in [0.717, 1.165) is 49.8 Å². The summed E-state index contributed by atoms with van der Waals surface area (Å²) in [5.74, 6) is -1.15. The van der Waals surface area contributed by atoms with Crippen LogP contribution in [0.2, 0.25) is 5.02 Å². The number of esters is 1. The van der Waals surface area contributed by atoms with Crippen LogP contribution in [0.1, 0.15) is 62.8 Å². The Hall–Kier alpha value is -2.07. The molecule has 3 aliphatic rings. The predicted octanol–water partition coefficient (Wildman–Crippen LogP) is 5.04. The van der Waals surface area contributed by atoms with E-state index >= 15 is 0 Å². The van der Waals surface area contributed by atoms with E-state index in [0.29, 0.717) is 22.7 Å². The summed E-state index contributed by atoms with van der Waals surface area (Å²) in [7, 11) is 0. The summed E-state index contributed by atoms with van der Waals surface area (Å²) < 4.78 is 5.89. The second-order valence-corrected chi connectivity index (χ2v) is 8.46. The van der Waals surface area contributed by atoms with Crippen LogP contribution in [0, 0.1) is 5.92 Å². The van der Waals surface area contributed by atoms with Gasteiger partial charge in [0.2, 0.25) is 0 Å². The van der Waals surface area contributed by atoms with E-state index in [1.54, 1.807) is 12.1 Å². The molecule has 1 N–H and O–H groups in total. The van der Waals surface area contributed by atoms with Crippen LogP contribution in [0.5, 0.6) is 0 Å². The molecule has 2 aliphatic carbocycles. The van der Waals surface area contributed by atoms with Gasteiger partial charge in [0.25, 0.3) is 0 Å². The third kappa shape index (κ3) is 3.75. The molecule has 1 fully saturated rings. The van der Waals surface area contributed by atoms with Gasteiger partial charge in [0.05, 0.1) is 0 Å². The third-order valence-electron chi connectivity index (χ3n) is 6.11. The third-order valence-corrected chi connectivity index (χ3v) is 6.36. The maximum Gasteiger partial charge on any atom is 0.316 e. The zero-order valence-electron chi connectivity index (χ0n) is 16.0. The van der Waals surface area contributed by atoms with Crippen LogP contribution in [0.3, 0.4) is 0 Å². The van der Waals surface area contributed by atoms with Gasteiger partial charge in [0.1, 0.15) is 12.0 Å². The maximum absolute atomic E-state index is 13.2. The highest BCUT2D eigenvalue weighted by molar-refractivity contribution is 6.30. The van der Waals surface area contributed by atoms with Gasteiger partial charge in [-0.25, -0.2) is 0 Å². The Bertz CT molecular complexity index is 821. The fourth-order valence-corrected chi connectivity index (χ4v) is 4.85. The van der Waals surface area contributed by atoms with Crippen molar-refractivity contribution in [3.05, 3.63) is 58.4 Å². The number of hydrogen-bond acceptors (Lipinski definition) is 4. The van der Waals surface area contributed by atoms with Crippen molar-refractivity contribution in [2.75, 3.05) is 0 Å². The molecule has 0 amide bonds. The second-order valence-electron chi connectivity index (χ2n) is 8.02. The van der Waals surface area contributed by atoms with Crippen molar-refractivity contribution in [2.24, 2.45) is 5.92 Å². The molecular weight excluding hydrogens is 374 g/mol. The number of carbonyl (C=O) groups is 2. The SMILES string of the molecule is C=C1NC2=C(C(=O)CCC2)C(c2ccc(Cl)cc2)C1C(=O)OC1CCCCC1. The van der Waals surface area contributed by atoms with E-state index in [-0.39, 0.29) is 23.8 Å². The molecule has 148 valence electrons. The molecule has 2 unspecified atom stereocenters. The first kappa shape index (κ1) is 19.3. The molecule has 5 heteroatoms. The van der Waals surface area contributed by atoms with E-state index < -0.39 is 5.92 Å². The molecule has 0 bridgehead atoms. The zero-order valence-corrected chi connectivity index (χ0v) is 16.8. The van der Waals surface area contributed by atoms with Gasteiger partial charge in [0.15, 0.2) is 5.78 Å². The minimum atomic E-state index is -0.607. The van der Waals surface area contributed by atoms with Crippen molar-refractivity contribution in [3.8, 4) is 0 Å². The predicted molar refractivity (Wildman–Crippen MR) is 109 cm³/mol. The quantitative estimate of drug-likeness (QED) is 0.723. The number of halogens is 1. The fourth-order valence-electron chi connectivity index (χ4n) is 4.72. The topological polar surface area (TPSA) is 55.4 Å². The average Bonchev–Trinajstić information content (AvgIpc) is 2.68. The van der Waals surface area contributed by atoms with Crippen molar-refractivity contribution in [3.63, 3.8) is 0 Å². The molecule has 1 aromatic rings. The molecule has 1 heterocycles. The Kier molecular flexibility index (Phi) is 5.58. The van der Waals surface area contributed by atoms with Gasteiger partial charge in [-0.05, 0) is 56.2 Å². The summed E-state index contributed by atoms with van der Waals surface area (Å²) in [5, 5.41) is 3.89. The summed E-state index contributed by atoms with van der Waals surface area (Å²) in [5.41, 5.74) is 3.14. The largest absolute Gasteiger partial charge is 0.462 e. The van der Waals surface area contributed by atoms with E-state index in [9.17, 15) is 9.59 Å². The number of benzene rings is 1. The first-order chi connectivity index (χ1) is 13.5. The highest BCUT2D eigenvalue weighted by atomic mass is 35.5. The van der Waals surface area contributed by atoms with Crippen molar-refractivity contribution < 1.29 is 14.3 Å². The Morgan fingerprint density at radius 3 is 2.50 bits per heavy atom. The molecule has 0 aromatic heterocycles. The lowest BCUT2D eigenvalue weighted by atomic mass is 9.71. The standard InChI is InChI=1S/C23H26ClNO3/c1-14-20(23(27)28-17-6-3-2-4-7-17)21(15-10-12-16(24)13-11-15)22-18(25-14)8-5-9-19(22)26/h10-13,17,20-21,25H,1-9H2. The number of Topliss-reactive ketones (excluding diaryl/α,β-unsaturated/α-hetero) is 1. The monoisotopic (exact) mass is 399 g/mol. The molecule has 0 saturated heterocycles. The number of rotatable bonds is 3. The number of hydrogen-bond donors (Lipinski definition) is 1. The van der Waals surface area contributed by atoms with Gasteiger partial charge in [-0.1, -0.05) is 36.7 Å². The van der Waals surface area contributed by atoms with Crippen molar-refractivity contribution >= 4 is 23.4 Å². The molecule has 0 radical (unpaired) electrons. The molecular formula is C23H26ClNO3. The molecule has 28 heavy (non-hydrogen) atoms. The zero-order chi connectivity index (χ0) is 19.7. The summed E-state index contributed by atoms with van der Waals surface area (Å²) >= 11 is 6.07. The van der Waals surface area contributed by atoms with Crippen molar-refractivity contribution in [2.45, 2.75) is 63.4 Å². The van der Waals surface area contributed by atoms with E-state index in [2.05, 4.69) is 11.9 Å². The van der Waals surface area contributed by atoms with Crippen LogP contribution in [0.15, 0.2) is 47.8 Å². The summed E-state index contributed by atoms with van der Waals surface area (Å²) in [6.07, 6.45) is 7.32. The van der Waals surface area contributed by atoms with Crippen LogP contribution in [0.25, 0.3) is 0 Å². The number of ketones is 1. The number of allylic oxidation sites excluding steroid dienone is 2. The smallest absolute Gasteiger partial charge is 0.316 e. The number of ether oxygens (including phenoxy) is 1. The highest BCUT2D eigenvalue weighted by Gasteiger charge is 2.44. The van der Waals surface area contributed by atoms with Crippen molar-refractivity contribution in [1.82, 2.24) is 5.32 Å². The summed E-state index contributed by atoms with van der Waals surface area (Å²) in [6.45, 7) is 4.14. The van der Waals surface area contributed by atoms with E-state index in [1.807, 2.05) is 12.1 Å². The van der Waals surface area contributed by atoms with Gasteiger partial charge in [-0.2, -0.15) is 0 Å². The van der Waals surface area contributed by atoms with Gasteiger partial charge >= 0.3 is 5.97 Å². The molecule has 2 atom stereocenters. The first-order valence-corrected chi connectivity index (χ1v) is 10.6. The Morgan fingerprint density at radius 1 is 1.07 bits per heavy atom. The Labute approximate surface area is 171 Å². The Morgan fingerprint density at radius 2 is 1.79 bits per heavy atom. The van der Waals surface area contributed by atoms with Crippen molar-refractivity contribution in [1.29, 1.82) is 0 Å². The van der Waals surface area contributed by atoms with E-state index in [4.69, 9.17) is 16.3 Å². The molecule has 4 nitrogen and oxygen atoms in total. The van der Waals surface area contributed by atoms with Crippen LogP contribution < -0.4 is 5.32 Å². The lowest BCUT2D eigenvalue weighted by molar-refractivity contribution is -0.155. The lowest BCUT2D eigenvalue weighted by Crippen LogP contribution is -2.42. The van der Waals surface area contributed by atoms with Crippen LogP contribution in [0.4, 0.5) is 0 Å². The van der Waals surface area contributed by atoms with Crippen LogP contribution >= 0.6 is 11.6 Å². The van der Waals surface area contributed by atoms with Gasteiger partial charge in [-0.15, -0.1) is 0 Å². The summed E-state index contributed by atoms with van der Waals surface area (Å²) in [6, 6.07) is 7.41.